The van der Waals surface area contributed by atoms with Crippen molar-refractivity contribution in [1.29, 1.82) is 5.26 Å². The second-order valence-electron chi connectivity index (χ2n) is 4.23. The van der Waals surface area contributed by atoms with Crippen molar-refractivity contribution in [3.8, 4) is 6.07 Å². The van der Waals surface area contributed by atoms with Crippen molar-refractivity contribution in [1.82, 2.24) is 14.9 Å². The Balaban J connectivity index is 2.03. The number of piperidine rings is 1. The molecule has 1 saturated heterocycles. The van der Waals surface area contributed by atoms with E-state index in [4.69, 9.17) is 10.00 Å². The summed E-state index contributed by atoms with van der Waals surface area (Å²) in [5, 5.41) is 9.08. The fourth-order valence-electron chi connectivity index (χ4n) is 2.02. The van der Waals surface area contributed by atoms with Crippen LogP contribution in [-0.4, -0.2) is 46.6 Å². The minimum atomic E-state index is -0.746. The molecule has 2 heterocycles. The highest BCUT2D eigenvalue weighted by molar-refractivity contribution is 5.93. The number of rotatable bonds is 2. The fourth-order valence-corrected chi connectivity index (χ4v) is 2.02. The number of carbonyl (C=O) groups excluding carboxylic acids is 1. The van der Waals surface area contributed by atoms with Gasteiger partial charge < -0.3 is 9.64 Å². The smallest absolute Gasteiger partial charge is 0.256 e. The molecule has 0 atom stereocenters. The predicted octanol–water partition coefficient (Wildman–Crippen LogP) is 0.621. The van der Waals surface area contributed by atoms with Crippen molar-refractivity contribution in [3.05, 3.63) is 24.3 Å². The summed E-state index contributed by atoms with van der Waals surface area (Å²) in [6.45, 7) is 1.02. The zero-order valence-corrected chi connectivity index (χ0v) is 10.2. The van der Waals surface area contributed by atoms with Gasteiger partial charge in [-0.25, -0.2) is 9.97 Å². The van der Waals surface area contributed by atoms with Crippen LogP contribution in [0.25, 0.3) is 0 Å². The van der Waals surface area contributed by atoms with Crippen LogP contribution < -0.4 is 0 Å². The number of aromatic nitrogens is 2. The number of likely N-dealkylation sites (tertiary alicyclic amines) is 1. The maximum atomic E-state index is 12.1. The summed E-state index contributed by atoms with van der Waals surface area (Å²) in [5.41, 5.74) is -0.274. The van der Waals surface area contributed by atoms with E-state index in [1.807, 2.05) is 0 Å². The minimum absolute atomic E-state index is 0.0988. The lowest BCUT2D eigenvalue weighted by Gasteiger charge is -2.36. The Kier molecular flexibility index (Phi) is 3.53. The highest BCUT2D eigenvalue weighted by Gasteiger charge is 2.36. The van der Waals surface area contributed by atoms with Crippen LogP contribution in [0.1, 0.15) is 23.2 Å². The molecule has 1 aromatic heterocycles. The number of hydrogen-bond acceptors (Lipinski definition) is 5. The van der Waals surface area contributed by atoms with Gasteiger partial charge in [-0.3, -0.25) is 4.79 Å². The third-order valence-electron chi connectivity index (χ3n) is 3.26. The lowest BCUT2D eigenvalue weighted by atomic mass is 9.92. The molecule has 18 heavy (non-hydrogen) atoms. The SMILES string of the molecule is COC1(C#N)CCN(C(=O)c2cncnc2)CC1. The van der Waals surface area contributed by atoms with E-state index < -0.39 is 5.60 Å². The quantitative estimate of drug-likeness (QED) is 0.764. The lowest BCUT2D eigenvalue weighted by molar-refractivity contribution is -0.0105. The first kappa shape index (κ1) is 12.5. The summed E-state index contributed by atoms with van der Waals surface area (Å²) < 4.78 is 5.24. The molecule has 0 radical (unpaired) electrons. The van der Waals surface area contributed by atoms with E-state index in [1.165, 1.54) is 25.8 Å². The summed E-state index contributed by atoms with van der Waals surface area (Å²) in [4.78, 5) is 21.5. The van der Waals surface area contributed by atoms with Crippen LogP contribution in [0.2, 0.25) is 0 Å². The van der Waals surface area contributed by atoms with Crippen molar-refractivity contribution >= 4 is 5.91 Å². The Hall–Kier alpha value is -2.00. The summed E-state index contributed by atoms with van der Waals surface area (Å²) in [7, 11) is 1.53. The van der Waals surface area contributed by atoms with Crippen LogP contribution in [-0.2, 0) is 4.74 Å². The predicted molar refractivity (Wildman–Crippen MR) is 62.5 cm³/mol. The van der Waals surface area contributed by atoms with E-state index in [-0.39, 0.29) is 5.91 Å². The Morgan fingerprint density at radius 1 is 1.44 bits per heavy atom. The van der Waals surface area contributed by atoms with Gasteiger partial charge in [0.05, 0.1) is 11.6 Å². The Bertz CT molecular complexity index is 461. The van der Waals surface area contributed by atoms with Crippen LogP contribution in [0.3, 0.4) is 0 Å². The Labute approximate surface area is 105 Å². The molecule has 1 fully saturated rings. The van der Waals surface area contributed by atoms with E-state index in [9.17, 15) is 4.79 Å². The van der Waals surface area contributed by atoms with Crippen molar-refractivity contribution in [2.75, 3.05) is 20.2 Å². The van der Waals surface area contributed by atoms with Gasteiger partial charge in [0.2, 0.25) is 0 Å². The van der Waals surface area contributed by atoms with Gasteiger partial charge in [-0.1, -0.05) is 0 Å². The summed E-state index contributed by atoms with van der Waals surface area (Å²) in [6, 6.07) is 2.18. The van der Waals surface area contributed by atoms with Crippen molar-refractivity contribution in [2.24, 2.45) is 0 Å². The lowest BCUT2D eigenvalue weighted by Crippen LogP contribution is -2.47. The van der Waals surface area contributed by atoms with E-state index in [2.05, 4.69) is 16.0 Å². The molecule has 2 rings (SSSR count). The third-order valence-corrected chi connectivity index (χ3v) is 3.26. The minimum Gasteiger partial charge on any atom is -0.363 e. The van der Waals surface area contributed by atoms with Crippen LogP contribution in [0, 0.1) is 11.3 Å². The molecule has 0 unspecified atom stereocenters. The topological polar surface area (TPSA) is 79.1 Å². The number of nitrogens with zero attached hydrogens (tertiary/aromatic N) is 4. The Morgan fingerprint density at radius 2 is 2.06 bits per heavy atom. The largest absolute Gasteiger partial charge is 0.363 e. The molecule has 0 bridgehead atoms. The van der Waals surface area contributed by atoms with E-state index in [0.29, 0.717) is 31.5 Å². The van der Waals surface area contributed by atoms with Gasteiger partial charge in [-0.05, 0) is 0 Å². The molecule has 1 amide bonds. The molecule has 1 aliphatic heterocycles. The summed E-state index contributed by atoms with van der Waals surface area (Å²) >= 11 is 0. The molecule has 0 aromatic carbocycles. The molecule has 0 aliphatic carbocycles. The first-order chi connectivity index (χ1) is 8.71. The number of amides is 1. The van der Waals surface area contributed by atoms with E-state index >= 15 is 0 Å². The zero-order chi connectivity index (χ0) is 13.0. The van der Waals surface area contributed by atoms with Gasteiger partial charge in [0.15, 0.2) is 5.60 Å². The maximum Gasteiger partial charge on any atom is 0.256 e. The second kappa shape index (κ2) is 5.10. The van der Waals surface area contributed by atoms with Gasteiger partial charge in [-0.2, -0.15) is 5.26 Å². The molecule has 94 valence electrons. The van der Waals surface area contributed by atoms with Gasteiger partial charge in [0, 0.05) is 45.4 Å². The number of ether oxygens (including phenoxy) is 1. The zero-order valence-electron chi connectivity index (χ0n) is 10.2. The third kappa shape index (κ3) is 2.31. The van der Waals surface area contributed by atoms with E-state index in [0.717, 1.165) is 0 Å². The monoisotopic (exact) mass is 246 g/mol. The summed E-state index contributed by atoms with van der Waals surface area (Å²) in [5.74, 6) is -0.0988. The Morgan fingerprint density at radius 3 is 2.56 bits per heavy atom. The van der Waals surface area contributed by atoms with Gasteiger partial charge in [-0.15, -0.1) is 0 Å². The molecule has 6 heteroatoms. The number of methoxy groups -OCH3 is 1. The average molecular weight is 246 g/mol. The molecule has 1 aromatic rings. The van der Waals surface area contributed by atoms with Crippen LogP contribution >= 0.6 is 0 Å². The molecule has 1 aliphatic rings. The van der Waals surface area contributed by atoms with Crippen molar-refractivity contribution < 1.29 is 9.53 Å². The second-order valence-corrected chi connectivity index (χ2v) is 4.23. The standard InChI is InChI=1S/C12H14N4O2/c1-18-12(8-13)2-4-16(5-3-12)11(17)10-6-14-9-15-7-10/h6-7,9H,2-5H2,1H3. The molecule has 6 nitrogen and oxygen atoms in total. The van der Waals surface area contributed by atoms with Gasteiger partial charge in [0.1, 0.15) is 6.33 Å². The maximum absolute atomic E-state index is 12.1. The molecule has 0 saturated carbocycles. The molecular weight excluding hydrogens is 232 g/mol. The van der Waals surface area contributed by atoms with Crippen LogP contribution in [0.15, 0.2) is 18.7 Å². The highest BCUT2D eigenvalue weighted by Crippen LogP contribution is 2.25. The molecule has 0 N–H and O–H groups in total. The number of hydrogen-bond donors (Lipinski definition) is 0. The summed E-state index contributed by atoms with van der Waals surface area (Å²) in [6.07, 6.45) is 5.44. The number of nitriles is 1. The van der Waals surface area contributed by atoms with E-state index in [1.54, 1.807) is 4.90 Å². The van der Waals surface area contributed by atoms with Gasteiger partial charge >= 0.3 is 0 Å². The number of carbonyl (C=O) groups is 1. The molecular formula is C12H14N4O2. The molecule has 0 spiro atoms. The average Bonchev–Trinajstić information content (AvgIpc) is 2.47. The van der Waals surface area contributed by atoms with Crippen molar-refractivity contribution in [2.45, 2.75) is 18.4 Å². The van der Waals surface area contributed by atoms with Gasteiger partial charge in [0.25, 0.3) is 5.91 Å². The highest BCUT2D eigenvalue weighted by atomic mass is 16.5. The first-order valence-corrected chi connectivity index (χ1v) is 5.71. The van der Waals surface area contributed by atoms with Crippen LogP contribution in [0.4, 0.5) is 0 Å². The first-order valence-electron chi connectivity index (χ1n) is 5.71. The van der Waals surface area contributed by atoms with Crippen molar-refractivity contribution in [3.63, 3.8) is 0 Å². The fraction of sp³-hybridized carbons (Fsp3) is 0.500. The normalized spacial score (nSPS) is 18.1. The van der Waals surface area contributed by atoms with Crippen LogP contribution in [0.5, 0.6) is 0 Å².